The first-order valence-corrected chi connectivity index (χ1v) is 13.9. The molecule has 2 aliphatic rings. The Labute approximate surface area is 169 Å². The quantitative estimate of drug-likeness (QED) is 0.513. The van der Waals surface area contributed by atoms with Crippen molar-refractivity contribution in [2.24, 2.45) is 16.6 Å². The maximum atomic E-state index is 14.5. The molecule has 0 spiro atoms. The molecule has 28 heavy (non-hydrogen) atoms. The van der Waals surface area contributed by atoms with Gasteiger partial charge in [0, 0.05) is 31.4 Å². The molecule has 0 bridgehead atoms. The molecule has 0 saturated heterocycles. The van der Waals surface area contributed by atoms with Gasteiger partial charge in [-0.25, -0.2) is 13.6 Å². The number of primary amides is 1. The van der Waals surface area contributed by atoms with Crippen molar-refractivity contribution in [1.29, 1.82) is 0 Å². The van der Waals surface area contributed by atoms with E-state index < -0.39 is 37.6 Å². The maximum Gasteiger partial charge on any atom is 0.407 e. The summed E-state index contributed by atoms with van der Waals surface area (Å²) >= 11 is 1.46. The number of halogens is 2. The third-order valence-corrected chi connectivity index (χ3v) is 8.16. The smallest absolute Gasteiger partial charge is 0.407 e. The lowest BCUT2D eigenvalue weighted by molar-refractivity contribution is -0.0495. The molecule has 1 aromatic carbocycles. The third kappa shape index (κ3) is 4.57. The summed E-state index contributed by atoms with van der Waals surface area (Å²) in [4.78, 5) is 16.1. The molecular weight excluding hydrogens is 402 g/mol. The third-order valence-electron chi connectivity index (χ3n) is 5.11. The fourth-order valence-electron chi connectivity index (χ4n) is 3.38. The summed E-state index contributed by atoms with van der Waals surface area (Å²) in [5.41, 5.74) is 4.48. The van der Waals surface area contributed by atoms with Crippen LogP contribution in [0.25, 0.3) is 0 Å². The van der Waals surface area contributed by atoms with E-state index in [1.54, 1.807) is 13.0 Å². The number of thioether (sulfide) groups is 1. The lowest BCUT2D eigenvalue weighted by Gasteiger charge is -2.33. The number of benzene rings is 1. The van der Waals surface area contributed by atoms with E-state index in [-0.39, 0.29) is 16.7 Å². The molecule has 1 amide bonds. The van der Waals surface area contributed by atoms with Gasteiger partial charge >= 0.3 is 6.09 Å². The number of amides is 1. The Hall–Kier alpha value is -1.45. The molecule has 3 rings (SSSR count). The fraction of sp³-hybridized carbons (Fsp3) is 0.579. The van der Waals surface area contributed by atoms with E-state index in [4.69, 9.17) is 20.2 Å². The molecule has 1 fully saturated rings. The van der Waals surface area contributed by atoms with Gasteiger partial charge in [-0.2, -0.15) is 0 Å². The van der Waals surface area contributed by atoms with Crippen molar-refractivity contribution in [3.8, 4) is 0 Å². The number of rotatable bonds is 7. The Morgan fingerprint density at radius 3 is 2.79 bits per heavy atom. The number of carbonyl (C=O) groups is 1. The zero-order valence-corrected chi connectivity index (χ0v) is 18.3. The molecule has 1 aliphatic heterocycles. The number of hydrogen-bond donors (Lipinski definition) is 1. The van der Waals surface area contributed by atoms with Gasteiger partial charge in [0.25, 0.3) is 6.29 Å². The number of ether oxygens (including phenoxy) is 2. The Balaban J connectivity index is 1.89. The van der Waals surface area contributed by atoms with Crippen LogP contribution in [0.2, 0.25) is 25.7 Å². The Bertz CT molecular complexity index is 802. The van der Waals surface area contributed by atoms with Gasteiger partial charge in [0.2, 0.25) is 0 Å². The van der Waals surface area contributed by atoms with Crippen LogP contribution in [0.15, 0.2) is 23.2 Å². The molecule has 5 nitrogen and oxygen atoms in total. The molecule has 9 heteroatoms. The van der Waals surface area contributed by atoms with Crippen LogP contribution in [0.4, 0.5) is 13.6 Å². The van der Waals surface area contributed by atoms with Crippen molar-refractivity contribution in [3.63, 3.8) is 0 Å². The summed E-state index contributed by atoms with van der Waals surface area (Å²) in [6.45, 7) is 8.84. The SMILES string of the molecule is C[C@]1(c2cccc(F)c2F)N=C(C(OCC[Si](C)(C)C)OC(N)=O)S[C@H]2C[C@H]21. The van der Waals surface area contributed by atoms with Crippen molar-refractivity contribution in [2.45, 2.75) is 56.1 Å². The lowest BCUT2D eigenvalue weighted by atomic mass is 9.87. The summed E-state index contributed by atoms with van der Waals surface area (Å²) < 4.78 is 39.3. The molecule has 154 valence electrons. The second kappa shape index (κ2) is 7.76. The number of fused-ring (bicyclic) bond motifs is 1. The predicted molar refractivity (Wildman–Crippen MR) is 109 cm³/mol. The van der Waals surface area contributed by atoms with Crippen LogP contribution in [-0.4, -0.2) is 37.4 Å². The highest BCUT2D eigenvalue weighted by Crippen LogP contribution is 2.58. The topological polar surface area (TPSA) is 73.9 Å². The maximum absolute atomic E-state index is 14.5. The van der Waals surface area contributed by atoms with E-state index in [2.05, 4.69) is 19.6 Å². The highest BCUT2D eigenvalue weighted by molar-refractivity contribution is 8.14. The minimum Gasteiger partial charge on any atom is -0.413 e. The van der Waals surface area contributed by atoms with Crippen LogP contribution in [-0.2, 0) is 15.0 Å². The van der Waals surface area contributed by atoms with Gasteiger partial charge in [-0.1, -0.05) is 31.8 Å². The van der Waals surface area contributed by atoms with Crippen LogP contribution in [0.1, 0.15) is 18.9 Å². The normalized spacial score (nSPS) is 27.6. The van der Waals surface area contributed by atoms with Crippen LogP contribution in [0.3, 0.4) is 0 Å². The standard InChI is InChI=1S/C19H26F2N2O3SSi/c1-19(11-6-5-7-13(20)15(11)21)12-10-14(12)27-16(23-19)17(26-18(22)24)25-8-9-28(2,3)4/h5-7,12,14,17H,8-10H2,1-4H3,(H2,22,24)/t12-,14+,17?,19-/m1/s1. The molecule has 4 atom stereocenters. The monoisotopic (exact) mass is 428 g/mol. The molecule has 1 heterocycles. The molecule has 0 radical (unpaired) electrons. The molecular formula is C19H26F2N2O3SSi. The summed E-state index contributed by atoms with van der Waals surface area (Å²) in [6.07, 6.45) is -1.17. The van der Waals surface area contributed by atoms with Crippen LogP contribution in [0.5, 0.6) is 0 Å². The Kier molecular flexibility index (Phi) is 5.89. The summed E-state index contributed by atoms with van der Waals surface area (Å²) in [7, 11) is -1.35. The molecule has 1 aliphatic carbocycles. The summed E-state index contributed by atoms with van der Waals surface area (Å²) in [5, 5.41) is 0.638. The van der Waals surface area contributed by atoms with Gasteiger partial charge in [0.05, 0.1) is 5.54 Å². The van der Waals surface area contributed by atoms with Gasteiger partial charge in [-0.05, 0) is 25.5 Å². The second-order valence-corrected chi connectivity index (χ2v) is 15.5. The van der Waals surface area contributed by atoms with E-state index >= 15 is 0 Å². The minimum atomic E-state index is -1.35. The van der Waals surface area contributed by atoms with Gasteiger partial charge in [-0.15, -0.1) is 11.8 Å². The summed E-state index contributed by atoms with van der Waals surface area (Å²) in [5.74, 6) is -1.70. The van der Waals surface area contributed by atoms with Crippen LogP contribution < -0.4 is 5.73 Å². The van der Waals surface area contributed by atoms with Crippen molar-refractivity contribution < 1.29 is 23.0 Å². The fourth-order valence-corrected chi connectivity index (χ4v) is 5.63. The first kappa shape index (κ1) is 21.3. The Morgan fingerprint density at radius 1 is 1.43 bits per heavy atom. The zero-order chi connectivity index (χ0) is 20.7. The minimum absolute atomic E-state index is 0.0914. The average molecular weight is 429 g/mol. The predicted octanol–water partition coefficient (Wildman–Crippen LogP) is 4.49. The van der Waals surface area contributed by atoms with E-state index in [1.165, 1.54) is 17.8 Å². The number of carbonyl (C=O) groups excluding carboxylic acids is 1. The van der Waals surface area contributed by atoms with E-state index in [0.29, 0.717) is 11.7 Å². The van der Waals surface area contributed by atoms with E-state index in [9.17, 15) is 13.6 Å². The number of nitrogens with zero attached hydrogens (tertiary/aromatic N) is 1. The molecule has 1 unspecified atom stereocenters. The van der Waals surface area contributed by atoms with Crippen molar-refractivity contribution in [1.82, 2.24) is 0 Å². The van der Waals surface area contributed by atoms with E-state index in [1.807, 2.05) is 0 Å². The molecule has 1 aromatic rings. The van der Waals surface area contributed by atoms with Gasteiger partial charge in [0.15, 0.2) is 11.6 Å². The van der Waals surface area contributed by atoms with Crippen molar-refractivity contribution in [3.05, 3.63) is 35.4 Å². The van der Waals surface area contributed by atoms with Gasteiger partial charge < -0.3 is 15.2 Å². The van der Waals surface area contributed by atoms with Gasteiger partial charge in [0.1, 0.15) is 5.04 Å². The van der Waals surface area contributed by atoms with Crippen LogP contribution >= 0.6 is 11.8 Å². The van der Waals surface area contributed by atoms with Crippen molar-refractivity contribution >= 4 is 31.0 Å². The molecule has 2 N–H and O–H groups in total. The first-order chi connectivity index (χ1) is 13.0. The highest BCUT2D eigenvalue weighted by Gasteiger charge is 2.57. The second-order valence-electron chi connectivity index (χ2n) is 8.65. The van der Waals surface area contributed by atoms with Crippen LogP contribution in [0, 0.1) is 17.6 Å². The number of hydrogen-bond acceptors (Lipinski definition) is 5. The number of aliphatic imine (C=N–C) groups is 1. The van der Waals surface area contributed by atoms with E-state index in [0.717, 1.165) is 18.5 Å². The lowest BCUT2D eigenvalue weighted by Crippen LogP contribution is -2.38. The average Bonchev–Trinajstić information content (AvgIpc) is 3.35. The largest absolute Gasteiger partial charge is 0.413 e. The highest BCUT2D eigenvalue weighted by atomic mass is 32.2. The van der Waals surface area contributed by atoms with Crippen molar-refractivity contribution in [2.75, 3.05) is 6.61 Å². The number of nitrogens with two attached hydrogens (primary N) is 1. The molecule has 1 saturated carbocycles. The van der Waals surface area contributed by atoms with Gasteiger partial charge in [-0.3, -0.25) is 4.99 Å². The first-order valence-electron chi connectivity index (χ1n) is 9.30. The molecule has 0 aromatic heterocycles. The summed E-state index contributed by atoms with van der Waals surface area (Å²) in [6, 6.07) is 5.01. The Morgan fingerprint density at radius 2 is 2.14 bits per heavy atom. The zero-order valence-electron chi connectivity index (χ0n) is 16.5.